The highest BCUT2D eigenvalue weighted by molar-refractivity contribution is 14.1. The van der Waals surface area contributed by atoms with Gasteiger partial charge in [0.1, 0.15) is 0 Å². The van der Waals surface area contributed by atoms with E-state index in [1.165, 1.54) is 0 Å². The molecule has 0 unspecified atom stereocenters. The summed E-state index contributed by atoms with van der Waals surface area (Å²) in [6, 6.07) is 6.78. The molecule has 2 nitrogen and oxygen atoms in total. The van der Waals surface area contributed by atoms with E-state index in [1.54, 1.807) is 18.2 Å². The number of rotatable bonds is 1. The zero-order valence-electron chi connectivity index (χ0n) is 5.45. The van der Waals surface area contributed by atoms with Crippen LogP contribution in [0.25, 0.3) is 0 Å². The fourth-order valence-electron chi connectivity index (χ4n) is 0.622. The molecule has 4 heteroatoms. The average Bonchev–Trinajstić information content (AvgIpc) is 1.88. The van der Waals surface area contributed by atoms with Crippen LogP contribution in [0.4, 0.5) is 0 Å². The van der Waals surface area contributed by atoms with Crippen LogP contribution >= 0.6 is 35.0 Å². The summed E-state index contributed by atoms with van der Waals surface area (Å²) in [5, 5.41) is 8.51. The Bertz CT molecular complexity index is 262. The molecule has 0 aromatic heterocycles. The van der Waals surface area contributed by atoms with E-state index < -0.39 is 5.97 Å². The van der Waals surface area contributed by atoms with E-state index in [2.05, 4.69) is 22.6 Å². The van der Waals surface area contributed by atoms with Gasteiger partial charge in [0.05, 0.1) is 5.56 Å². The standard InChI is InChI=1S/C7H5IO2.ClH/c8-6-3-1-2-5(4-6)7(9)10;/h1-4H,(H,9,10);1H. The molecule has 1 aromatic carbocycles. The van der Waals surface area contributed by atoms with Gasteiger partial charge >= 0.3 is 5.97 Å². The summed E-state index contributed by atoms with van der Waals surface area (Å²) in [6.07, 6.45) is 0. The second kappa shape index (κ2) is 4.56. The van der Waals surface area contributed by atoms with E-state index in [-0.39, 0.29) is 12.4 Å². The van der Waals surface area contributed by atoms with E-state index in [0.717, 1.165) is 3.57 Å². The number of carboxylic acids is 1. The van der Waals surface area contributed by atoms with Gasteiger partial charge < -0.3 is 5.11 Å². The number of aromatic carboxylic acids is 1. The Labute approximate surface area is 84.2 Å². The third-order valence-electron chi connectivity index (χ3n) is 1.07. The molecule has 0 fully saturated rings. The molecule has 0 heterocycles. The lowest BCUT2D eigenvalue weighted by molar-refractivity contribution is 0.0697. The van der Waals surface area contributed by atoms with Crippen molar-refractivity contribution in [3.05, 3.63) is 33.4 Å². The van der Waals surface area contributed by atoms with Crippen molar-refractivity contribution in [3.8, 4) is 0 Å². The van der Waals surface area contributed by atoms with Crippen molar-refractivity contribution < 1.29 is 9.90 Å². The van der Waals surface area contributed by atoms with Gasteiger partial charge in [0.15, 0.2) is 0 Å². The van der Waals surface area contributed by atoms with E-state index in [4.69, 9.17) is 5.11 Å². The molecular weight excluding hydrogens is 278 g/mol. The summed E-state index contributed by atoms with van der Waals surface area (Å²) in [7, 11) is 0. The molecule has 0 atom stereocenters. The van der Waals surface area contributed by atoms with Crippen LogP contribution in [0, 0.1) is 3.57 Å². The number of hydrogen-bond donors (Lipinski definition) is 1. The van der Waals surface area contributed by atoms with E-state index in [0.29, 0.717) is 5.56 Å². The second-order valence-electron chi connectivity index (χ2n) is 1.82. The first kappa shape index (κ1) is 10.7. The van der Waals surface area contributed by atoms with Crippen molar-refractivity contribution >= 4 is 41.0 Å². The SMILES string of the molecule is Cl.O=C(O)c1cccc(I)c1. The monoisotopic (exact) mass is 284 g/mol. The van der Waals surface area contributed by atoms with Crippen molar-refractivity contribution in [1.82, 2.24) is 0 Å². The highest BCUT2D eigenvalue weighted by Gasteiger charge is 1.99. The summed E-state index contributed by atoms with van der Waals surface area (Å²) in [6.45, 7) is 0. The first-order chi connectivity index (χ1) is 4.70. The third-order valence-corrected chi connectivity index (χ3v) is 1.74. The van der Waals surface area contributed by atoms with Gasteiger partial charge in [0, 0.05) is 3.57 Å². The lowest BCUT2D eigenvalue weighted by atomic mass is 10.2. The molecule has 11 heavy (non-hydrogen) atoms. The maximum Gasteiger partial charge on any atom is 0.335 e. The van der Waals surface area contributed by atoms with Crippen molar-refractivity contribution in [2.24, 2.45) is 0 Å². The highest BCUT2D eigenvalue weighted by atomic mass is 127. The minimum atomic E-state index is -0.876. The highest BCUT2D eigenvalue weighted by Crippen LogP contribution is 2.06. The van der Waals surface area contributed by atoms with Crippen LogP contribution in [-0.2, 0) is 0 Å². The summed E-state index contributed by atoms with van der Waals surface area (Å²) < 4.78 is 0.942. The smallest absolute Gasteiger partial charge is 0.335 e. The lowest BCUT2D eigenvalue weighted by Crippen LogP contribution is -1.95. The van der Waals surface area contributed by atoms with E-state index in [1.807, 2.05) is 6.07 Å². The first-order valence-corrected chi connectivity index (χ1v) is 3.77. The maximum atomic E-state index is 10.3. The summed E-state index contributed by atoms with van der Waals surface area (Å²) in [5.41, 5.74) is 0.340. The quantitative estimate of drug-likeness (QED) is 0.804. The molecule has 1 N–H and O–H groups in total. The Hall–Kier alpha value is -0.290. The van der Waals surface area contributed by atoms with Gasteiger partial charge in [-0.1, -0.05) is 6.07 Å². The topological polar surface area (TPSA) is 37.3 Å². The Morgan fingerprint density at radius 2 is 2.09 bits per heavy atom. The fourth-order valence-corrected chi connectivity index (χ4v) is 1.16. The van der Waals surface area contributed by atoms with E-state index in [9.17, 15) is 4.79 Å². The number of halogens is 2. The Balaban J connectivity index is 0.000001000. The van der Waals surface area contributed by atoms with Crippen LogP contribution in [0.5, 0.6) is 0 Å². The summed E-state index contributed by atoms with van der Waals surface area (Å²) >= 11 is 2.08. The van der Waals surface area contributed by atoms with Gasteiger partial charge in [-0.05, 0) is 40.8 Å². The molecule has 60 valence electrons. The third kappa shape index (κ3) is 3.07. The summed E-state index contributed by atoms with van der Waals surface area (Å²) in [5.74, 6) is -0.876. The van der Waals surface area contributed by atoms with Gasteiger partial charge in [-0.3, -0.25) is 0 Å². The van der Waals surface area contributed by atoms with Crippen LogP contribution in [-0.4, -0.2) is 11.1 Å². The minimum absolute atomic E-state index is 0. The van der Waals surface area contributed by atoms with Gasteiger partial charge in [0.2, 0.25) is 0 Å². The number of carbonyl (C=O) groups is 1. The predicted octanol–water partition coefficient (Wildman–Crippen LogP) is 2.41. The minimum Gasteiger partial charge on any atom is -0.478 e. The molecule has 0 saturated carbocycles. The van der Waals surface area contributed by atoms with Crippen LogP contribution in [0.1, 0.15) is 10.4 Å². The molecule has 0 amide bonds. The molecule has 0 saturated heterocycles. The zero-order chi connectivity index (χ0) is 7.56. The largest absolute Gasteiger partial charge is 0.478 e. The predicted molar refractivity (Wildman–Crippen MR) is 53.4 cm³/mol. The zero-order valence-corrected chi connectivity index (χ0v) is 8.43. The van der Waals surface area contributed by atoms with Crippen molar-refractivity contribution in [3.63, 3.8) is 0 Å². The molecule has 1 rings (SSSR count). The van der Waals surface area contributed by atoms with E-state index >= 15 is 0 Å². The van der Waals surface area contributed by atoms with Crippen molar-refractivity contribution in [2.45, 2.75) is 0 Å². The molecule has 0 aliphatic rings. The molecular formula is C7H6ClIO2. The van der Waals surface area contributed by atoms with Crippen LogP contribution in [0.3, 0.4) is 0 Å². The van der Waals surface area contributed by atoms with Gasteiger partial charge in [-0.15, -0.1) is 12.4 Å². The Morgan fingerprint density at radius 1 is 1.45 bits per heavy atom. The van der Waals surface area contributed by atoms with Gasteiger partial charge in [-0.25, -0.2) is 4.79 Å². The fraction of sp³-hybridized carbons (Fsp3) is 0. The Kier molecular flexibility index (Phi) is 4.44. The number of benzene rings is 1. The van der Waals surface area contributed by atoms with Crippen LogP contribution in [0.15, 0.2) is 24.3 Å². The van der Waals surface area contributed by atoms with Crippen molar-refractivity contribution in [2.75, 3.05) is 0 Å². The number of carboxylic acid groups (broad SMARTS) is 1. The molecule has 0 aliphatic heterocycles. The normalized spacial score (nSPS) is 8.45. The van der Waals surface area contributed by atoms with Crippen molar-refractivity contribution in [1.29, 1.82) is 0 Å². The van der Waals surface area contributed by atoms with Crippen LogP contribution < -0.4 is 0 Å². The average molecular weight is 284 g/mol. The molecule has 0 aliphatic carbocycles. The molecule has 0 bridgehead atoms. The first-order valence-electron chi connectivity index (χ1n) is 2.69. The second-order valence-corrected chi connectivity index (χ2v) is 3.06. The summed E-state index contributed by atoms with van der Waals surface area (Å²) in [4.78, 5) is 10.3. The molecule has 0 radical (unpaired) electrons. The van der Waals surface area contributed by atoms with Gasteiger partial charge in [0.25, 0.3) is 0 Å². The Morgan fingerprint density at radius 3 is 2.45 bits per heavy atom. The molecule has 1 aromatic rings. The van der Waals surface area contributed by atoms with Crippen LogP contribution in [0.2, 0.25) is 0 Å². The maximum absolute atomic E-state index is 10.3. The van der Waals surface area contributed by atoms with Gasteiger partial charge in [-0.2, -0.15) is 0 Å². The lowest BCUT2D eigenvalue weighted by Gasteiger charge is -1.92. The number of hydrogen-bond acceptors (Lipinski definition) is 1. The molecule has 0 spiro atoms.